The second-order valence-electron chi connectivity index (χ2n) is 6.57. The minimum atomic E-state index is -0.702. The highest BCUT2D eigenvalue weighted by atomic mass is 35.5. The SMILES string of the molecule is Cc1nn(C)c(CC(O)(CC(C)C)CC(C)C)c1Cl. The minimum Gasteiger partial charge on any atom is -0.389 e. The molecule has 0 bridgehead atoms. The Balaban J connectivity index is 2.99. The lowest BCUT2D eigenvalue weighted by Crippen LogP contribution is -2.35. The van der Waals surface area contributed by atoms with E-state index in [0.29, 0.717) is 23.3 Å². The Morgan fingerprint density at radius 1 is 1.21 bits per heavy atom. The van der Waals surface area contributed by atoms with E-state index in [0.717, 1.165) is 24.2 Å². The monoisotopic (exact) mass is 286 g/mol. The molecule has 3 nitrogen and oxygen atoms in total. The maximum absolute atomic E-state index is 11.0. The molecule has 0 fully saturated rings. The van der Waals surface area contributed by atoms with E-state index in [9.17, 15) is 5.11 Å². The Hall–Kier alpha value is -0.540. The molecule has 0 spiro atoms. The van der Waals surface area contributed by atoms with E-state index in [-0.39, 0.29) is 0 Å². The quantitative estimate of drug-likeness (QED) is 0.865. The summed E-state index contributed by atoms with van der Waals surface area (Å²) in [6.45, 7) is 10.5. The number of aromatic nitrogens is 2. The van der Waals surface area contributed by atoms with Crippen LogP contribution < -0.4 is 0 Å². The summed E-state index contributed by atoms with van der Waals surface area (Å²) in [6, 6.07) is 0. The van der Waals surface area contributed by atoms with Crippen molar-refractivity contribution in [2.45, 2.75) is 59.5 Å². The Labute approximate surface area is 122 Å². The van der Waals surface area contributed by atoms with Crippen molar-refractivity contribution in [1.29, 1.82) is 0 Å². The summed E-state index contributed by atoms with van der Waals surface area (Å²) in [7, 11) is 1.89. The summed E-state index contributed by atoms with van der Waals surface area (Å²) in [5.74, 6) is 0.911. The fraction of sp³-hybridized carbons (Fsp3) is 0.800. The van der Waals surface area contributed by atoms with Crippen molar-refractivity contribution in [3.8, 4) is 0 Å². The Bertz CT molecular complexity index is 414. The summed E-state index contributed by atoms with van der Waals surface area (Å²) in [6.07, 6.45) is 2.14. The number of aliphatic hydroxyl groups is 1. The third-order valence-electron chi connectivity index (χ3n) is 3.33. The van der Waals surface area contributed by atoms with E-state index >= 15 is 0 Å². The van der Waals surface area contributed by atoms with E-state index in [4.69, 9.17) is 11.6 Å². The molecule has 1 aromatic heterocycles. The van der Waals surface area contributed by atoms with Gasteiger partial charge in [-0.05, 0) is 31.6 Å². The molecule has 19 heavy (non-hydrogen) atoms. The lowest BCUT2D eigenvalue weighted by atomic mass is 9.81. The fourth-order valence-corrected chi connectivity index (χ4v) is 3.16. The molecule has 0 aliphatic carbocycles. The van der Waals surface area contributed by atoms with E-state index in [1.54, 1.807) is 4.68 Å². The maximum atomic E-state index is 11.0. The topological polar surface area (TPSA) is 38.0 Å². The van der Waals surface area contributed by atoms with Crippen LogP contribution in [0.2, 0.25) is 5.02 Å². The van der Waals surface area contributed by atoms with E-state index in [2.05, 4.69) is 32.8 Å². The Kier molecular flexibility index (Phi) is 5.45. The molecule has 0 aliphatic rings. The molecule has 0 aliphatic heterocycles. The highest BCUT2D eigenvalue weighted by molar-refractivity contribution is 6.31. The van der Waals surface area contributed by atoms with Gasteiger partial charge in [0.2, 0.25) is 0 Å². The van der Waals surface area contributed by atoms with Gasteiger partial charge in [-0.25, -0.2) is 0 Å². The van der Waals surface area contributed by atoms with Crippen LogP contribution in [-0.2, 0) is 13.5 Å². The predicted molar refractivity (Wildman–Crippen MR) is 80.5 cm³/mol. The van der Waals surface area contributed by atoms with Crippen LogP contribution >= 0.6 is 11.6 Å². The van der Waals surface area contributed by atoms with E-state index < -0.39 is 5.60 Å². The van der Waals surface area contributed by atoms with Crippen molar-refractivity contribution >= 4 is 11.6 Å². The maximum Gasteiger partial charge on any atom is 0.0848 e. The fourth-order valence-electron chi connectivity index (χ4n) is 2.93. The van der Waals surface area contributed by atoms with Crippen molar-refractivity contribution in [1.82, 2.24) is 9.78 Å². The van der Waals surface area contributed by atoms with Crippen LogP contribution in [0.1, 0.15) is 51.9 Å². The average Bonchev–Trinajstić information content (AvgIpc) is 2.42. The molecular weight excluding hydrogens is 260 g/mol. The lowest BCUT2D eigenvalue weighted by Gasteiger charge is -2.32. The first kappa shape index (κ1) is 16.5. The van der Waals surface area contributed by atoms with Crippen molar-refractivity contribution in [2.24, 2.45) is 18.9 Å². The molecule has 1 N–H and O–H groups in total. The molecular formula is C15H27ClN2O. The molecule has 0 saturated heterocycles. The molecule has 1 heterocycles. The number of halogens is 1. The van der Waals surface area contributed by atoms with Crippen LogP contribution in [0.4, 0.5) is 0 Å². The third kappa shape index (κ3) is 4.50. The predicted octanol–water partition coefficient (Wildman–Crippen LogP) is 3.75. The molecule has 0 unspecified atom stereocenters. The molecule has 4 heteroatoms. The van der Waals surface area contributed by atoms with E-state index in [1.165, 1.54) is 0 Å². The highest BCUT2D eigenvalue weighted by Gasteiger charge is 2.31. The summed E-state index contributed by atoms with van der Waals surface area (Å²) in [5.41, 5.74) is 1.06. The lowest BCUT2D eigenvalue weighted by molar-refractivity contribution is -0.000770. The second kappa shape index (κ2) is 6.27. The second-order valence-corrected chi connectivity index (χ2v) is 6.94. The first-order chi connectivity index (χ1) is 8.64. The van der Waals surface area contributed by atoms with E-state index in [1.807, 2.05) is 14.0 Å². The normalized spacial score (nSPS) is 12.7. The third-order valence-corrected chi connectivity index (χ3v) is 3.83. The molecule has 1 aromatic rings. The first-order valence-electron chi connectivity index (χ1n) is 7.05. The van der Waals surface area contributed by atoms with Crippen LogP contribution in [0.5, 0.6) is 0 Å². The summed E-state index contributed by atoms with van der Waals surface area (Å²) in [5, 5.41) is 16.0. The van der Waals surface area contributed by atoms with Gasteiger partial charge in [0.1, 0.15) is 0 Å². The van der Waals surface area contributed by atoms with Gasteiger partial charge in [0.15, 0.2) is 0 Å². The van der Waals surface area contributed by atoms with Crippen molar-refractivity contribution < 1.29 is 5.11 Å². The van der Waals surface area contributed by atoms with Gasteiger partial charge in [0.25, 0.3) is 0 Å². The summed E-state index contributed by atoms with van der Waals surface area (Å²) >= 11 is 6.30. The van der Waals surface area contributed by atoms with Gasteiger partial charge in [-0.15, -0.1) is 0 Å². The number of hydrogen-bond acceptors (Lipinski definition) is 2. The van der Waals surface area contributed by atoms with Gasteiger partial charge in [-0.2, -0.15) is 5.10 Å². The zero-order valence-corrected chi connectivity index (χ0v) is 13.8. The van der Waals surface area contributed by atoms with Crippen molar-refractivity contribution in [2.75, 3.05) is 0 Å². The van der Waals surface area contributed by atoms with Gasteiger partial charge in [0.05, 0.1) is 22.0 Å². The standard InChI is InChI=1S/C15H27ClN2O/c1-10(2)7-15(19,8-11(3)4)9-13-14(16)12(5)17-18(13)6/h10-11,19H,7-9H2,1-6H3. The number of hydrogen-bond donors (Lipinski definition) is 1. The molecule has 0 amide bonds. The van der Waals surface area contributed by atoms with Crippen LogP contribution in [0, 0.1) is 18.8 Å². The summed E-state index contributed by atoms with van der Waals surface area (Å²) < 4.78 is 1.79. The largest absolute Gasteiger partial charge is 0.389 e. The first-order valence-corrected chi connectivity index (χ1v) is 7.43. The molecule has 0 aromatic carbocycles. The molecule has 0 atom stereocenters. The Morgan fingerprint density at radius 3 is 2.00 bits per heavy atom. The van der Waals surface area contributed by atoms with Crippen LogP contribution in [-0.4, -0.2) is 20.5 Å². The van der Waals surface area contributed by atoms with Crippen molar-refractivity contribution in [3.05, 3.63) is 16.4 Å². The van der Waals surface area contributed by atoms with Gasteiger partial charge in [0, 0.05) is 13.5 Å². The highest BCUT2D eigenvalue weighted by Crippen LogP contribution is 2.31. The zero-order valence-electron chi connectivity index (χ0n) is 13.0. The number of aryl methyl sites for hydroxylation is 2. The van der Waals surface area contributed by atoms with Crippen LogP contribution in [0.25, 0.3) is 0 Å². The van der Waals surface area contributed by atoms with Crippen LogP contribution in [0.15, 0.2) is 0 Å². The molecule has 0 radical (unpaired) electrons. The smallest absolute Gasteiger partial charge is 0.0848 e. The van der Waals surface area contributed by atoms with Crippen molar-refractivity contribution in [3.63, 3.8) is 0 Å². The molecule has 0 saturated carbocycles. The molecule has 110 valence electrons. The number of rotatable bonds is 6. The Morgan fingerprint density at radius 2 is 1.68 bits per heavy atom. The van der Waals surface area contributed by atoms with Gasteiger partial charge < -0.3 is 5.11 Å². The van der Waals surface area contributed by atoms with Gasteiger partial charge in [-0.1, -0.05) is 39.3 Å². The average molecular weight is 287 g/mol. The zero-order chi connectivity index (χ0) is 14.8. The van der Waals surface area contributed by atoms with Crippen LogP contribution in [0.3, 0.4) is 0 Å². The minimum absolute atomic E-state index is 0.455. The number of nitrogens with zero attached hydrogens (tertiary/aromatic N) is 2. The molecule has 1 rings (SSSR count). The summed E-state index contributed by atoms with van der Waals surface area (Å²) in [4.78, 5) is 0. The van der Waals surface area contributed by atoms with Gasteiger partial charge >= 0.3 is 0 Å². The van der Waals surface area contributed by atoms with Gasteiger partial charge in [-0.3, -0.25) is 4.68 Å².